The van der Waals surface area contributed by atoms with Gasteiger partial charge in [-0.1, -0.05) is 0 Å². The van der Waals surface area contributed by atoms with Crippen LogP contribution in [0.4, 0.5) is 15.9 Å². The minimum atomic E-state index is -0.607. The van der Waals surface area contributed by atoms with E-state index in [1.807, 2.05) is 0 Å². The molecular formula is C16H16FN5OS. The van der Waals surface area contributed by atoms with E-state index >= 15 is 0 Å². The molecule has 1 aromatic heterocycles. The molecule has 3 N–H and O–H groups in total. The first-order valence-electron chi connectivity index (χ1n) is 7.47. The smallest absolute Gasteiger partial charge is 0.254 e. The summed E-state index contributed by atoms with van der Waals surface area (Å²) in [5.74, 6) is 0.873. The highest BCUT2D eigenvalue weighted by molar-refractivity contribution is 7.99. The second-order valence-corrected chi connectivity index (χ2v) is 6.68. The Hall–Kier alpha value is -2.53. The largest absolute Gasteiger partial charge is 0.365 e. The maximum atomic E-state index is 13.0. The minimum absolute atomic E-state index is 0.0851. The van der Waals surface area contributed by atoms with Crippen LogP contribution < -0.4 is 11.1 Å². The number of hydrogen-bond acceptors (Lipinski definition) is 5. The Labute approximate surface area is 142 Å². The summed E-state index contributed by atoms with van der Waals surface area (Å²) in [6.45, 7) is 0. The molecule has 1 amide bonds. The summed E-state index contributed by atoms with van der Waals surface area (Å²) in [4.78, 5) is 11.7. The monoisotopic (exact) mass is 345 g/mol. The number of anilines is 2. The molecule has 1 aliphatic rings. The topological polar surface area (TPSA) is 96.7 Å². The number of nitriles is 1. The summed E-state index contributed by atoms with van der Waals surface area (Å²) in [5.41, 5.74) is 6.28. The van der Waals surface area contributed by atoms with Crippen LogP contribution in [0, 0.1) is 23.1 Å². The van der Waals surface area contributed by atoms with Gasteiger partial charge in [-0.25, -0.2) is 4.39 Å². The Morgan fingerprint density at radius 2 is 2.21 bits per heavy atom. The molecule has 1 fully saturated rings. The second kappa shape index (κ2) is 6.93. The fourth-order valence-electron chi connectivity index (χ4n) is 2.67. The van der Waals surface area contributed by atoms with Crippen LogP contribution in [0.2, 0.25) is 0 Å². The van der Waals surface area contributed by atoms with E-state index in [1.165, 1.54) is 12.1 Å². The molecule has 1 aromatic carbocycles. The quantitative estimate of drug-likeness (QED) is 0.888. The number of rotatable bonds is 4. The number of halogens is 1. The third-order valence-corrected chi connectivity index (χ3v) is 5.05. The molecule has 1 aliphatic heterocycles. The number of nitrogens with one attached hydrogen (secondary N) is 1. The average molecular weight is 345 g/mol. The maximum absolute atomic E-state index is 13.0. The number of hydrogen-bond donors (Lipinski definition) is 2. The van der Waals surface area contributed by atoms with Crippen LogP contribution in [0.15, 0.2) is 30.5 Å². The first-order valence-corrected chi connectivity index (χ1v) is 8.63. The highest BCUT2D eigenvalue weighted by Gasteiger charge is 2.29. The number of aromatic nitrogens is 2. The van der Waals surface area contributed by atoms with Crippen molar-refractivity contribution in [3.05, 3.63) is 41.8 Å². The van der Waals surface area contributed by atoms with Gasteiger partial charge in [0.1, 0.15) is 11.4 Å². The van der Waals surface area contributed by atoms with E-state index in [2.05, 4.69) is 16.5 Å². The van der Waals surface area contributed by atoms with Gasteiger partial charge < -0.3 is 11.1 Å². The van der Waals surface area contributed by atoms with Crippen LogP contribution in [-0.4, -0.2) is 27.2 Å². The van der Waals surface area contributed by atoms with Crippen molar-refractivity contribution in [2.24, 2.45) is 11.7 Å². The van der Waals surface area contributed by atoms with Crippen molar-refractivity contribution in [1.29, 1.82) is 5.26 Å². The van der Waals surface area contributed by atoms with Crippen molar-refractivity contribution in [2.45, 2.75) is 12.5 Å². The lowest BCUT2D eigenvalue weighted by atomic mass is 10.0. The molecule has 2 aromatic rings. The number of primary amides is 1. The number of nitrogens with zero attached hydrogens (tertiary/aromatic N) is 3. The highest BCUT2D eigenvalue weighted by atomic mass is 32.2. The molecule has 24 heavy (non-hydrogen) atoms. The fourth-order valence-corrected chi connectivity index (χ4v) is 3.80. The average Bonchev–Trinajstić information content (AvgIpc) is 3.01. The first-order chi connectivity index (χ1) is 11.6. The van der Waals surface area contributed by atoms with Crippen molar-refractivity contribution >= 4 is 29.2 Å². The van der Waals surface area contributed by atoms with E-state index in [1.54, 1.807) is 34.8 Å². The van der Waals surface area contributed by atoms with Crippen LogP contribution in [0.3, 0.4) is 0 Å². The van der Waals surface area contributed by atoms with Gasteiger partial charge in [0.05, 0.1) is 18.0 Å². The number of carbonyl (C=O) groups excluding carboxylic acids is 1. The number of amides is 1. The standard InChI is InChI=1S/C16H16FN5OS/c17-11-1-3-12(4-2-11)20-16-13(15(19)23)8-22(21-16)14-5-6-24-9-10(14)7-18/h1-4,8,10,14H,5-6,9H2,(H2,19,23)(H,20,21)/t10-,14?/m1/s1. The highest BCUT2D eigenvalue weighted by Crippen LogP contribution is 2.33. The van der Waals surface area contributed by atoms with Crippen LogP contribution in [0.25, 0.3) is 0 Å². The van der Waals surface area contributed by atoms with Crippen LogP contribution in [-0.2, 0) is 0 Å². The van der Waals surface area contributed by atoms with Gasteiger partial charge in [0.2, 0.25) is 0 Å². The Bertz CT molecular complexity index is 783. The zero-order valence-electron chi connectivity index (χ0n) is 12.8. The predicted molar refractivity (Wildman–Crippen MR) is 90.5 cm³/mol. The van der Waals surface area contributed by atoms with E-state index in [4.69, 9.17) is 5.73 Å². The molecule has 1 saturated heterocycles. The van der Waals surface area contributed by atoms with Gasteiger partial charge in [-0.15, -0.1) is 0 Å². The predicted octanol–water partition coefficient (Wildman–Crippen LogP) is 2.68. The normalized spacial score (nSPS) is 20.3. The van der Waals surface area contributed by atoms with E-state index in [-0.39, 0.29) is 23.3 Å². The summed E-state index contributed by atoms with van der Waals surface area (Å²) < 4.78 is 14.7. The molecule has 2 atom stereocenters. The molecule has 1 unspecified atom stereocenters. The molecular weight excluding hydrogens is 329 g/mol. The summed E-state index contributed by atoms with van der Waals surface area (Å²) in [6.07, 6.45) is 2.39. The lowest BCUT2D eigenvalue weighted by molar-refractivity contribution is 0.100. The molecule has 8 heteroatoms. The molecule has 0 aliphatic carbocycles. The molecule has 0 saturated carbocycles. The summed E-state index contributed by atoms with van der Waals surface area (Å²) >= 11 is 1.74. The molecule has 6 nitrogen and oxygen atoms in total. The molecule has 2 heterocycles. The van der Waals surface area contributed by atoms with Gasteiger partial charge in [0.25, 0.3) is 5.91 Å². The summed E-state index contributed by atoms with van der Waals surface area (Å²) in [5, 5.41) is 16.7. The number of benzene rings is 1. The lowest BCUT2D eigenvalue weighted by Crippen LogP contribution is -2.25. The van der Waals surface area contributed by atoms with E-state index in [9.17, 15) is 14.4 Å². The van der Waals surface area contributed by atoms with Crippen molar-refractivity contribution in [3.8, 4) is 6.07 Å². The second-order valence-electron chi connectivity index (χ2n) is 5.53. The van der Waals surface area contributed by atoms with Crippen LogP contribution in [0.1, 0.15) is 22.8 Å². The minimum Gasteiger partial charge on any atom is -0.365 e. The summed E-state index contributed by atoms with van der Waals surface area (Å²) in [6, 6.07) is 7.95. The summed E-state index contributed by atoms with van der Waals surface area (Å²) in [7, 11) is 0. The third-order valence-electron chi connectivity index (χ3n) is 3.93. The number of thioether (sulfide) groups is 1. The fraction of sp³-hybridized carbons (Fsp3) is 0.312. The molecule has 0 spiro atoms. The Morgan fingerprint density at radius 1 is 1.46 bits per heavy atom. The maximum Gasteiger partial charge on any atom is 0.254 e. The molecule has 3 rings (SSSR count). The van der Waals surface area contributed by atoms with E-state index < -0.39 is 5.91 Å². The van der Waals surface area contributed by atoms with Gasteiger partial charge in [0, 0.05) is 17.6 Å². The Kier molecular flexibility index (Phi) is 4.71. The first kappa shape index (κ1) is 16.3. The van der Waals surface area contributed by atoms with Gasteiger partial charge >= 0.3 is 0 Å². The van der Waals surface area contributed by atoms with Gasteiger partial charge in [-0.05, 0) is 36.4 Å². The Balaban J connectivity index is 1.91. The lowest BCUT2D eigenvalue weighted by Gasteiger charge is -2.26. The van der Waals surface area contributed by atoms with Crippen molar-refractivity contribution in [2.75, 3.05) is 16.8 Å². The molecule has 0 bridgehead atoms. The van der Waals surface area contributed by atoms with Gasteiger partial charge in [-0.2, -0.15) is 22.1 Å². The van der Waals surface area contributed by atoms with Crippen molar-refractivity contribution in [1.82, 2.24) is 9.78 Å². The molecule has 0 radical (unpaired) electrons. The Morgan fingerprint density at radius 3 is 2.88 bits per heavy atom. The van der Waals surface area contributed by atoms with E-state index in [0.29, 0.717) is 11.5 Å². The van der Waals surface area contributed by atoms with Crippen LogP contribution in [0.5, 0.6) is 0 Å². The van der Waals surface area contributed by atoms with Crippen molar-refractivity contribution < 1.29 is 9.18 Å². The third kappa shape index (κ3) is 3.36. The zero-order chi connectivity index (χ0) is 17.1. The van der Waals surface area contributed by atoms with Gasteiger partial charge in [0.15, 0.2) is 5.82 Å². The number of nitrogens with two attached hydrogens (primary N) is 1. The van der Waals surface area contributed by atoms with Crippen LogP contribution >= 0.6 is 11.8 Å². The van der Waals surface area contributed by atoms with E-state index in [0.717, 1.165) is 17.9 Å². The SMILES string of the molecule is N#C[C@@H]1CSCCC1n1cc(C(N)=O)c(Nc2ccc(F)cc2)n1. The van der Waals surface area contributed by atoms with Gasteiger partial charge in [-0.3, -0.25) is 9.48 Å². The molecule has 124 valence electrons. The number of carbonyl (C=O) groups is 1. The van der Waals surface area contributed by atoms with Crippen molar-refractivity contribution in [3.63, 3.8) is 0 Å². The zero-order valence-corrected chi connectivity index (χ0v) is 13.6.